The van der Waals surface area contributed by atoms with Crippen LogP contribution in [0.2, 0.25) is 0 Å². The van der Waals surface area contributed by atoms with E-state index in [4.69, 9.17) is 4.98 Å². The van der Waals surface area contributed by atoms with Crippen LogP contribution < -0.4 is 5.32 Å². The zero-order valence-electron chi connectivity index (χ0n) is 14.2. The second-order valence-corrected chi connectivity index (χ2v) is 6.42. The minimum Gasteiger partial charge on any atom is -0.307 e. The van der Waals surface area contributed by atoms with Gasteiger partial charge in [-0.15, -0.1) is 0 Å². The second-order valence-electron chi connectivity index (χ2n) is 6.42. The van der Waals surface area contributed by atoms with Gasteiger partial charge in [0.15, 0.2) is 5.82 Å². The molecule has 1 saturated heterocycles. The number of aryl methyl sites for hydroxylation is 2. The van der Waals surface area contributed by atoms with Gasteiger partial charge < -0.3 is 5.32 Å². The van der Waals surface area contributed by atoms with Crippen molar-refractivity contribution in [3.05, 3.63) is 35.5 Å². The lowest BCUT2D eigenvalue weighted by atomic mass is 10.1. The molecule has 0 aromatic carbocycles. The van der Waals surface area contributed by atoms with E-state index in [1.54, 1.807) is 6.20 Å². The molecule has 2 aromatic rings. The van der Waals surface area contributed by atoms with Crippen molar-refractivity contribution in [1.29, 1.82) is 0 Å². The van der Waals surface area contributed by atoms with E-state index < -0.39 is 0 Å². The van der Waals surface area contributed by atoms with Crippen LogP contribution in [0.4, 0.5) is 11.8 Å². The third-order valence-electron chi connectivity index (χ3n) is 4.17. The summed E-state index contributed by atoms with van der Waals surface area (Å²) in [5, 5.41) is 3.18. The van der Waals surface area contributed by atoms with Gasteiger partial charge in [-0.2, -0.15) is 0 Å². The van der Waals surface area contributed by atoms with E-state index in [2.05, 4.69) is 39.0 Å². The fraction of sp³-hybridized carbons (Fsp3) is 0.529. The van der Waals surface area contributed by atoms with Gasteiger partial charge in [0.2, 0.25) is 5.95 Å². The highest BCUT2D eigenvalue weighted by molar-refractivity contribution is 5.46. The van der Waals surface area contributed by atoms with Crippen LogP contribution in [0, 0.1) is 13.8 Å². The Morgan fingerprint density at radius 3 is 2.57 bits per heavy atom. The topological polar surface area (TPSA) is 66.8 Å². The molecule has 0 radical (unpaired) electrons. The number of aromatic nitrogens is 4. The molecule has 0 bridgehead atoms. The van der Waals surface area contributed by atoms with Gasteiger partial charge in [-0.05, 0) is 53.1 Å². The van der Waals surface area contributed by atoms with E-state index in [1.165, 1.54) is 6.42 Å². The molecule has 122 valence electrons. The van der Waals surface area contributed by atoms with Crippen molar-refractivity contribution < 1.29 is 0 Å². The third-order valence-corrected chi connectivity index (χ3v) is 4.17. The van der Waals surface area contributed by atoms with Crippen LogP contribution >= 0.6 is 0 Å². The first kappa shape index (κ1) is 15.8. The number of likely N-dealkylation sites (tertiary alicyclic amines) is 1. The minimum absolute atomic E-state index is 0.351. The molecular formula is C17H24N6. The van der Waals surface area contributed by atoms with E-state index in [1.807, 2.05) is 26.1 Å². The molecule has 1 N–H and O–H groups in total. The van der Waals surface area contributed by atoms with E-state index >= 15 is 0 Å². The zero-order chi connectivity index (χ0) is 16.4. The largest absolute Gasteiger partial charge is 0.307 e. The molecule has 6 nitrogen and oxygen atoms in total. The second kappa shape index (κ2) is 6.58. The lowest BCUT2D eigenvalue weighted by Gasteiger charge is -2.27. The van der Waals surface area contributed by atoms with Gasteiger partial charge in [0.25, 0.3) is 0 Å². The van der Waals surface area contributed by atoms with Gasteiger partial charge in [-0.25, -0.2) is 15.0 Å². The smallest absolute Gasteiger partial charge is 0.228 e. The lowest BCUT2D eigenvalue weighted by Crippen LogP contribution is -2.30. The van der Waals surface area contributed by atoms with Gasteiger partial charge in [0.05, 0.1) is 24.1 Å². The first-order chi connectivity index (χ1) is 11.0. The first-order valence-electron chi connectivity index (χ1n) is 8.20. The fourth-order valence-electron chi connectivity index (χ4n) is 3.22. The van der Waals surface area contributed by atoms with Gasteiger partial charge in [0.1, 0.15) is 0 Å². The molecule has 0 amide bonds. The average molecular weight is 312 g/mol. The minimum atomic E-state index is 0.351. The first-order valence-corrected chi connectivity index (χ1v) is 8.20. The maximum Gasteiger partial charge on any atom is 0.228 e. The number of nitrogens with zero attached hydrogens (tertiary/aromatic N) is 5. The standard InChI is InChI=1S/C17H24N6/c1-11(2)23-7-5-6-15(23)14-9-18-10-16(21-14)22-17-19-12(3)8-13(4)20-17/h8-11,15H,5-7H2,1-4H3,(H,19,20,21,22)/t15-/m1/s1. The van der Waals surface area contributed by atoms with E-state index in [0.29, 0.717) is 23.8 Å². The molecule has 1 atom stereocenters. The SMILES string of the molecule is Cc1cc(C)nc(Nc2cncc([C@H]3CCCN3C(C)C)n2)n1. The normalized spacial score (nSPS) is 18.6. The van der Waals surface area contributed by atoms with E-state index in [-0.39, 0.29) is 0 Å². The van der Waals surface area contributed by atoms with Crippen molar-refractivity contribution >= 4 is 11.8 Å². The van der Waals surface area contributed by atoms with Crippen molar-refractivity contribution in [3.63, 3.8) is 0 Å². The lowest BCUT2D eigenvalue weighted by molar-refractivity contribution is 0.202. The summed E-state index contributed by atoms with van der Waals surface area (Å²) in [6.07, 6.45) is 5.94. The highest BCUT2D eigenvalue weighted by atomic mass is 15.2. The highest BCUT2D eigenvalue weighted by Crippen LogP contribution is 2.32. The van der Waals surface area contributed by atoms with Crippen LogP contribution in [0.1, 0.15) is 49.8 Å². The fourth-order valence-corrected chi connectivity index (χ4v) is 3.22. The van der Waals surface area contributed by atoms with Crippen molar-refractivity contribution in [2.45, 2.75) is 52.6 Å². The van der Waals surface area contributed by atoms with Gasteiger partial charge in [-0.3, -0.25) is 9.88 Å². The summed E-state index contributed by atoms with van der Waals surface area (Å²) in [6.45, 7) is 9.51. The Bertz CT molecular complexity index is 664. The highest BCUT2D eigenvalue weighted by Gasteiger charge is 2.29. The molecule has 6 heteroatoms. The Labute approximate surface area is 137 Å². The quantitative estimate of drug-likeness (QED) is 0.935. The van der Waals surface area contributed by atoms with Crippen LogP contribution in [0.3, 0.4) is 0 Å². The molecule has 0 saturated carbocycles. The zero-order valence-corrected chi connectivity index (χ0v) is 14.2. The number of anilines is 2. The molecule has 3 rings (SSSR count). The molecule has 3 heterocycles. The summed E-state index contributed by atoms with van der Waals surface area (Å²) in [4.78, 5) is 20.4. The summed E-state index contributed by atoms with van der Waals surface area (Å²) >= 11 is 0. The monoisotopic (exact) mass is 312 g/mol. The van der Waals surface area contributed by atoms with E-state index in [0.717, 1.165) is 30.0 Å². The molecule has 1 fully saturated rings. The molecule has 0 aliphatic carbocycles. The predicted molar refractivity (Wildman–Crippen MR) is 90.6 cm³/mol. The molecule has 23 heavy (non-hydrogen) atoms. The maximum absolute atomic E-state index is 4.75. The van der Waals surface area contributed by atoms with Crippen LogP contribution in [0.5, 0.6) is 0 Å². The Morgan fingerprint density at radius 1 is 1.13 bits per heavy atom. The summed E-state index contributed by atoms with van der Waals surface area (Å²) in [5.74, 6) is 1.27. The average Bonchev–Trinajstić information content (AvgIpc) is 2.96. The molecule has 0 unspecified atom stereocenters. The summed E-state index contributed by atoms with van der Waals surface area (Å²) in [7, 11) is 0. The van der Waals surface area contributed by atoms with Crippen LogP contribution in [-0.2, 0) is 0 Å². The maximum atomic E-state index is 4.75. The number of hydrogen-bond donors (Lipinski definition) is 1. The molecular weight excluding hydrogens is 288 g/mol. The van der Waals surface area contributed by atoms with Crippen molar-refractivity contribution in [1.82, 2.24) is 24.8 Å². The van der Waals surface area contributed by atoms with Crippen molar-refractivity contribution in [2.75, 3.05) is 11.9 Å². The Balaban J connectivity index is 1.82. The molecule has 2 aromatic heterocycles. The molecule has 1 aliphatic rings. The van der Waals surface area contributed by atoms with Crippen molar-refractivity contribution in [2.24, 2.45) is 0 Å². The third kappa shape index (κ3) is 3.64. The van der Waals surface area contributed by atoms with Crippen LogP contribution in [0.25, 0.3) is 0 Å². The van der Waals surface area contributed by atoms with E-state index in [9.17, 15) is 0 Å². The predicted octanol–water partition coefficient (Wildman–Crippen LogP) is 3.17. The number of nitrogens with one attached hydrogen (secondary N) is 1. The molecule has 0 spiro atoms. The summed E-state index contributed by atoms with van der Waals surface area (Å²) < 4.78 is 0. The van der Waals surface area contributed by atoms with Crippen LogP contribution in [0.15, 0.2) is 18.5 Å². The van der Waals surface area contributed by atoms with Crippen molar-refractivity contribution in [3.8, 4) is 0 Å². The van der Waals surface area contributed by atoms with Gasteiger partial charge in [-0.1, -0.05) is 0 Å². The number of hydrogen-bond acceptors (Lipinski definition) is 6. The molecule has 1 aliphatic heterocycles. The van der Waals surface area contributed by atoms with Crippen LogP contribution in [-0.4, -0.2) is 37.4 Å². The summed E-state index contributed by atoms with van der Waals surface area (Å²) in [5.41, 5.74) is 2.89. The van der Waals surface area contributed by atoms with Gasteiger partial charge >= 0.3 is 0 Å². The van der Waals surface area contributed by atoms with Gasteiger partial charge in [0, 0.05) is 17.4 Å². The Hall–Kier alpha value is -2.08. The summed E-state index contributed by atoms with van der Waals surface area (Å²) in [6, 6.07) is 2.82. The Kier molecular flexibility index (Phi) is 4.52. The Morgan fingerprint density at radius 2 is 1.87 bits per heavy atom. The number of rotatable bonds is 4.